The van der Waals surface area contributed by atoms with E-state index >= 15 is 0 Å². The molecule has 0 aromatic rings. The van der Waals surface area contributed by atoms with Crippen molar-refractivity contribution in [2.24, 2.45) is 17.3 Å². The molecular formula is C9H14O. The molecule has 0 radical (unpaired) electrons. The van der Waals surface area contributed by atoms with E-state index in [1.165, 1.54) is 0 Å². The fourth-order valence-corrected chi connectivity index (χ4v) is 2.41. The summed E-state index contributed by atoms with van der Waals surface area (Å²) in [4.78, 5) is 0. The molecular weight excluding hydrogens is 124 g/mol. The van der Waals surface area contributed by atoms with E-state index in [9.17, 15) is 5.11 Å². The van der Waals surface area contributed by atoms with Crippen molar-refractivity contribution >= 4 is 0 Å². The summed E-state index contributed by atoms with van der Waals surface area (Å²) in [5.41, 5.74) is 0.333. The van der Waals surface area contributed by atoms with Crippen LogP contribution >= 0.6 is 0 Å². The van der Waals surface area contributed by atoms with Crippen LogP contribution in [0, 0.1) is 17.3 Å². The summed E-state index contributed by atoms with van der Waals surface area (Å²) in [6.07, 6.45) is 5.36. The van der Waals surface area contributed by atoms with Crippen molar-refractivity contribution in [2.75, 3.05) is 0 Å². The van der Waals surface area contributed by atoms with Crippen molar-refractivity contribution in [1.29, 1.82) is 0 Å². The van der Waals surface area contributed by atoms with Gasteiger partial charge in [-0.3, -0.25) is 0 Å². The number of rotatable bonds is 0. The van der Waals surface area contributed by atoms with Crippen LogP contribution in [0.15, 0.2) is 12.2 Å². The molecule has 1 heteroatoms. The highest BCUT2D eigenvalue weighted by molar-refractivity contribution is 5.18. The molecule has 0 aromatic carbocycles. The highest BCUT2D eigenvalue weighted by Gasteiger charge is 2.49. The number of fused-ring (bicyclic) bond motifs is 2. The molecule has 1 N–H and O–H groups in total. The number of allylic oxidation sites excluding steroid dienone is 1. The van der Waals surface area contributed by atoms with Crippen LogP contribution in [0.2, 0.25) is 0 Å². The summed E-state index contributed by atoms with van der Waals surface area (Å²) in [6, 6.07) is 0. The third-order valence-electron chi connectivity index (χ3n) is 3.28. The normalized spacial score (nSPS) is 48.5. The second kappa shape index (κ2) is 1.65. The Labute approximate surface area is 61.8 Å². The lowest BCUT2D eigenvalue weighted by molar-refractivity contribution is 0.124. The van der Waals surface area contributed by atoms with Gasteiger partial charge < -0.3 is 5.11 Å². The smallest absolute Gasteiger partial charge is 0.0613 e. The average molecular weight is 138 g/mol. The lowest BCUT2D eigenvalue weighted by Crippen LogP contribution is -2.22. The number of hydrogen-bond donors (Lipinski definition) is 1. The third kappa shape index (κ3) is 0.567. The third-order valence-corrected chi connectivity index (χ3v) is 3.28. The van der Waals surface area contributed by atoms with Gasteiger partial charge in [-0.25, -0.2) is 0 Å². The Morgan fingerprint density at radius 3 is 2.30 bits per heavy atom. The van der Waals surface area contributed by atoms with Gasteiger partial charge >= 0.3 is 0 Å². The molecule has 2 rings (SSSR count). The minimum atomic E-state index is -0.0648. The maximum atomic E-state index is 9.50. The topological polar surface area (TPSA) is 20.2 Å². The summed E-state index contributed by atoms with van der Waals surface area (Å²) < 4.78 is 0. The summed E-state index contributed by atoms with van der Waals surface area (Å²) in [5.74, 6) is 1.06. The van der Waals surface area contributed by atoms with Gasteiger partial charge in [-0.2, -0.15) is 0 Å². The fraction of sp³-hybridized carbons (Fsp3) is 0.778. The zero-order valence-electron chi connectivity index (χ0n) is 6.54. The van der Waals surface area contributed by atoms with Crippen molar-refractivity contribution in [3.8, 4) is 0 Å². The molecule has 1 nitrogen and oxygen atoms in total. The summed E-state index contributed by atoms with van der Waals surface area (Å²) >= 11 is 0. The monoisotopic (exact) mass is 138 g/mol. The molecule has 0 aromatic heterocycles. The standard InChI is InChI=1S/C9H14O/c1-9(2)6-3-4-7(9)8(10)5-6/h3-4,6-8,10H,5H2,1-2H3/t6-,7-,8+/m0/s1. The van der Waals surface area contributed by atoms with Crippen molar-refractivity contribution in [1.82, 2.24) is 0 Å². The van der Waals surface area contributed by atoms with Crippen LogP contribution in [0.5, 0.6) is 0 Å². The SMILES string of the molecule is CC1(C)[C@H]2C=C[C@H]1[C@H](O)C2. The Morgan fingerprint density at radius 2 is 2.10 bits per heavy atom. The van der Waals surface area contributed by atoms with Crippen molar-refractivity contribution in [2.45, 2.75) is 26.4 Å². The molecule has 0 saturated heterocycles. The molecule has 0 unspecified atom stereocenters. The average Bonchev–Trinajstić information content (AvgIpc) is 2.20. The van der Waals surface area contributed by atoms with E-state index in [0.29, 0.717) is 17.3 Å². The minimum absolute atomic E-state index is 0.0648. The maximum absolute atomic E-state index is 9.50. The first kappa shape index (κ1) is 6.41. The van der Waals surface area contributed by atoms with Crippen LogP contribution in [0.4, 0.5) is 0 Å². The predicted molar refractivity (Wildman–Crippen MR) is 40.5 cm³/mol. The quantitative estimate of drug-likeness (QED) is 0.504. The van der Waals surface area contributed by atoms with Crippen LogP contribution in [-0.4, -0.2) is 11.2 Å². The molecule has 2 aliphatic carbocycles. The molecule has 2 aliphatic rings. The molecule has 3 atom stereocenters. The van der Waals surface area contributed by atoms with Gasteiger partial charge in [-0.1, -0.05) is 26.0 Å². The van der Waals surface area contributed by atoms with Gasteiger partial charge in [0.2, 0.25) is 0 Å². The first-order valence-electron chi connectivity index (χ1n) is 3.99. The van der Waals surface area contributed by atoms with E-state index in [-0.39, 0.29) is 6.10 Å². The predicted octanol–water partition coefficient (Wildman–Crippen LogP) is 1.58. The van der Waals surface area contributed by atoms with Gasteiger partial charge in [0.05, 0.1) is 6.10 Å². The molecule has 1 saturated carbocycles. The lowest BCUT2D eigenvalue weighted by atomic mass is 9.81. The summed E-state index contributed by atoms with van der Waals surface area (Å²) in [6.45, 7) is 4.50. The molecule has 2 bridgehead atoms. The zero-order chi connectivity index (χ0) is 7.35. The molecule has 0 aliphatic heterocycles. The van der Waals surface area contributed by atoms with Crippen LogP contribution in [-0.2, 0) is 0 Å². The van der Waals surface area contributed by atoms with Crippen LogP contribution in [0.3, 0.4) is 0 Å². The van der Waals surface area contributed by atoms with Gasteiger partial charge in [-0.15, -0.1) is 0 Å². The Hall–Kier alpha value is -0.300. The van der Waals surface area contributed by atoms with Gasteiger partial charge in [0.25, 0.3) is 0 Å². The first-order valence-corrected chi connectivity index (χ1v) is 3.99. The molecule has 1 fully saturated rings. The Morgan fingerprint density at radius 1 is 1.40 bits per heavy atom. The second-order valence-corrected chi connectivity index (χ2v) is 4.14. The van der Waals surface area contributed by atoms with E-state index in [1.54, 1.807) is 0 Å². The van der Waals surface area contributed by atoms with Gasteiger partial charge in [0.1, 0.15) is 0 Å². The summed E-state index contributed by atoms with van der Waals surface area (Å²) in [7, 11) is 0. The van der Waals surface area contributed by atoms with Gasteiger partial charge in [-0.05, 0) is 17.8 Å². The van der Waals surface area contributed by atoms with Crippen LogP contribution in [0.25, 0.3) is 0 Å². The Bertz CT molecular complexity index is 181. The Balaban J connectivity index is 2.34. The van der Waals surface area contributed by atoms with Crippen LogP contribution < -0.4 is 0 Å². The lowest BCUT2D eigenvalue weighted by Gasteiger charge is -2.24. The largest absolute Gasteiger partial charge is 0.392 e. The Kier molecular flexibility index (Phi) is 1.06. The van der Waals surface area contributed by atoms with Gasteiger partial charge in [0, 0.05) is 5.92 Å². The number of aliphatic hydroxyl groups excluding tert-OH is 1. The van der Waals surface area contributed by atoms with Crippen LogP contribution in [0.1, 0.15) is 20.3 Å². The summed E-state index contributed by atoms with van der Waals surface area (Å²) in [5, 5.41) is 9.50. The molecule has 10 heavy (non-hydrogen) atoms. The second-order valence-electron chi connectivity index (χ2n) is 4.14. The number of aliphatic hydroxyl groups is 1. The van der Waals surface area contributed by atoms with Crippen molar-refractivity contribution in [3.05, 3.63) is 12.2 Å². The highest BCUT2D eigenvalue weighted by Crippen LogP contribution is 2.53. The molecule has 0 amide bonds. The van der Waals surface area contributed by atoms with E-state index in [1.807, 2.05) is 0 Å². The van der Waals surface area contributed by atoms with E-state index in [4.69, 9.17) is 0 Å². The van der Waals surface area contributed by atoms with Crippen molar-refractivity contribution < 1.29 is 5.11 Å². The number of hydrogen-bond acceptors (Lipinski definition) is 1. The van der Waals surface area contributed by atoms with E-state index in [2.05, 4.69) is 26.0 Å². The molecule has 0 heterocycles. The van der Waals surface area contributed by atoms with Gasteiger partial charge in [0.15, 0.2) is 0 Å². The van der Waals surface area contributed by atoms with E-state index in [0.717, 1.165) is 6.42 Å². The van der Waals surface area contributed by atoms with E-state index < -0.39 is 0 Å². The maximum Gasteiger partial charge on any atom is 0.0613 e. The highest BCUT2D eigenvalue weighted by atomic mass is 16.3. The van der Waals surface area contributed by atoms with Crippen molar-refractivity contribution in [3.63, 3.8) is 0 Å². The fourth-order valence-electron chi connectivity index (χ4n) is 2.41. The minimum Gasteiger partial charge on any atom is -0.392 e. The first-order chi connectivity index (χ1) is 4.62. The molecule has 0 spiro atoms. The molecule has 56 valence electrons. The zero-order valence-corrected chi connectivity index (χ0v) is 6.54.